The van der Waals surface area contributed by atoms with Crippen molar-refractivity contribution in [2.45, 2.75) is 13.5 Å². The number of nitrogens with one attached hydrogen (secondary N) is 1. The van der Waals surface area contributed by atoms with Crippen LogP contribution in [0.15, 0.2) is 42.5 Å². The zero-order chi connectivity index (χ0) is 18.4. The third-order valence-electron chi connectivity index (χ3n) is 3.58. The molecule has 0 aromatic heterocycles. The number of likely N-dealkylation sites (N-methyl/N-ethyl adjacent to an activating group) is 1. The predicted octanol–water partition coefficient (Wildman–Crippen LogP) is 2.88. The Morgan fingerprint density at radius 1 is 1.00 bits per heavy atom. The maximum atomic E-state index is 13.7. The maximum absolute atomic E-state index is 13.7. The minimum Gasteiger partial charge on any atom is -0.350 e. The molecule has 2 aromatic rings. The molecule has 0 heterocycles. The number of halogens is 3. The fourth-order valence-corrected chi connectivity index (χ4v) is 2.22. The lowest BCUT2D eigenvalue weighted by molar-refractivity contribution is -0.121. The second-order valence-electron chi connectivity index (χ2n) is 5.32. The first-order chi connectivity index (χ1) is 11.9. The lowest BCUT2D eigenvalue weighted by Crippen LogP contribution is -2.41. The third-order valence-corrected chi connectivity index (χ3v) is 3.58. The van der Waals surface area contributed by atoms with Crippen LogP contribution in [0.4, 0.5) is 13.2 Å². The molecule has 132 valence electrons. The Hall–Kier alpha value is -2.83. The van der Waals surface area contributed by atoms with Crippen LogP contribution in [0.25, 0.3) is 0 Å². The molecule has 25 heavy (non-hydrogen) atoms. The van der Waals surface area contributed by atoms with Gasteiger partial charge in [0, 0.05) is 13.1 Å². The Labute approximate surface area is 143 Å². The van der Waals surface area contributed by atoms with Crippen LogP contribution in [0, 0.1) is 17.5 Å². The van der Waals surface area contributed by atoms with E-state index < -0.39 is 29.0 Å². The van der Waals surface area contributed by atoms with E-state index in [1.54, 1.807) is 6.92 Å². The number of carbonyl (C=O) groups excluding carboxylic acids is 2. The number of hydrogen-bond donors (Lipinski definition) is 1. The average molecular weight is 350 g/mol. The molecule has 2 aromatic carbocycles. The first-order valence-corrected chi connectivity index (χ1v) is 7.66. The van der Waals surface area contributed by atoms with Crippen LogP contribution in [0.3, 0.4) is 0 Å². The Morgan fingerprint density at radius 3 is 2.16 bits per heavy atom. The summed E-state index contributed by atoms with van der Waals surface area (Å²) in [5, 5.41) is 2.58. The standard InChI is InChI=1S/C18H17F3N2O2/c1-2-23(18(25)17-14(20)4-3-5-15(17)21)11-16(24)22-10-12-6-8-13(19)9-7-12/h3-9H,2,10-11H2,1H3,(H,22,24). The Kier molecular flexibility index (Phi) is 6.16. The summed E-state index contributed by atoms with van der Waals surface area (Å²) in [7, 11) is 0. The number of carbonyl (C=O) groups is 2. The van der Waals surface area contributed by atoms with Gasteiger partial charge in [-0.3, -0.25) is 9.59 Å². The summed E-state index contributed by atoms with van der Waals surface area (Å²) < 4.78 is 40.3. The number of hydrogen-bond acceptors (Lipinski definition) is 2. The van der Waals surface area contributed by atoms with Gasteiger partial charge in [-0.25, -0.2) is 13.2 Å². The van der Waals surface area contributed by atoms with E-state index in [2.05, 4.69) is 5.32 Å². The number of nitrogens with zero attached hydrogens (tertiary/aromatic N) is 1. The summed E-state index contributed by atoms with van der Waals surface area (Å²) in [5.41, 5.74) is -0.0000390. The van der Waals surface area contributed by atoms with Crippen molar-refractivity contribution in [2.24, 2.45) is 0 Å². The Morgan fingerprint density at radius 2 is 1.60 bits per heavy atom. The van der Waals surface area contributed by atoms with Crippen molar-refractivity contribution >= 4 is 11.8 Å². The molecule has 0 bridgehead atoms. The molecule has 7 heteroatoms. The molecule has 0 saturated carbocycles. The fourth-order valence-electron chi connectivity index (χ4n) is 2.22. The van der Waals surface area contributed by atoms with Gasteiger partial charge in [0.05, 0.1) is 6.54 Å². The SMILES string of the molecule is CCN(CC(=O)NCc1ccc(F)cc1)C(=O)c1c(F)cccc1F. The summed E-state index contributed by atoms with van der Waals surface area (Å²) in [6.45, 7) is 1.52. The Bertz CT molecular complexity index is 743. The van der Waals surface area contributed by atoms with Gasteiger partial charge in [-0.05, 0) is 36.8 Å². The molecule has 0 atom stereocenters. The van der Waals surface area contributed by atoms with Gasteiger partial charge in [-0.2, -0.15) is 0 Å². The molecule has 1 N–H and O–H groups in total. The Balaban J connectivity index is 1.99. The minimum absolute atomic E-state index is 0.108. The topological polar surface area (TPSA) is 49.4 Å². The summed E-state index contributed by atoms with van der Waals surface area (Å²) in [6, 6.07) is 8.71. The van der Waals surface area contributed by atoms with Crippen molar-refractivity contribution < 1.29 is 22.8 Å². The molecule has 0 unspecified atom stereocenters. The van der Waals surface area contributed by atoms with E-state index in [-0.39, 0.29) is 25.5 Å². The summed E-state index contributed by atoms with van der Waals surface area (Å²) >= 11 is 0. The normalized spacial score (nSPS) is 10.4. The van der Waals surface area contributed by atoms with E-state index in [0.29, 0.717) is 5.56 Å². The molecule has 0 saturated heterocycles. The van der Waals surface area contributed by atoms with E-state index in [1.807, 2.05) is 0 Å². The molecule has 0 spiro atoms. The first kappa shape index (κ1) is 18.5. The molecule has 0 aliphatic carbocycles. The van der Waals surface area contributed by atoms with Crippen molar-refractivity contribution in [1.29, 1.82) is 0 Å². The van der Waals surface area contributed by atoms with E-state index in [1.165, 1.54) is 24.3 Å². The van der Waals surface area contributed by atoms with Gasteiger partial charge in [0.15, 0.2) is 0 Å². The summed E-state index contributed by atoms with van der Waals surface area (Å²) in [5.74, 6) is -3.72. The molecular weight excluding hydrogens is 333 g/mol. The van der Waals surface area contributed by atoms with Crippen molar-refractivity contribution in [3.8, 4) is 0 Å². The molecule has 0 aliphatic rings. The van der Waals surface area contributed by atoms with Gasteiger partial charge in [-0.15, -0.1) is 0 Å². The fraction of sp³-hybridized carbons (Fsp3) is 0.222. The largest absolute Gasteiger partial charge is 0.350 e. The monoisotopic (exact) mass is 350 g/mol. The minimum atomic E-state index is -0.977. The van der Waals surface area contributed by atoms with Crippen molar-refractivity contribution in [1.82, 2.24) is 10.2 Å². The number of rotatable bonds is 6. The van der Waals surface area contributed by atoms with E-state index in [0.717, 1.165) is 23.1 Å². The highest BCUT2D eigenvalue weighted by molar-refractivity contribution is 5.97. The van der Waals surface area contributed by atoms with Gasteiger partial charge in [0.2, 0.25) is 5.91 Å². The summed E-state index contributed by atoms with van der Waals surface area (Å²) in [4.78, 5) is 25.3. The predicted molar refractivity (Wildman–Crippen MR) is 86.2 cm³/mol. The smallest absolute Gasteiger partial charge is 0.260 e. The lowest BCUT2D eigenvalue weighted by atomic mass is 10.1. The second-order valence-corrected chi connectivity index (χ2v) is 5.32. The maximum Gasteiger partial charge on any atom is 0.260 e. The molecule has 0 radical (unpaired) electrons. The van der Waals surface area contributed by atoms with Crippen LogP contribution >= 0.6 is 0 Å². The van der Waals surface area contributed by atoms with Crippen molar-refractivity contribution in [3.63, 3.8) is 0 Å². The number of amides is 2. The van der Waals surface area contributed by atoms with Crippen LogP contribution in [0.5, 0.6) is 0 Å². The highest BCUT2D eigenvalue weighted by atomic mass is 19.1. The lowest BCUT2D eigenvalue weighted by Gasteiger charge is -2.21. The van der Waals surface area contributed by atoms with Crippen LogP contribution in [0.1, 0.15) is 22.8 Å². The number of benzene rings is 2. The van der Waals surface area contributed by atoms with Crippen LogP contribution in [-0.2, 0) is 11.3 Å². The zero-order valence-corrected chi connectivity index (χ0v) is 13.6. The van der Waals surface area contributed by atoms with Crippen LogP contribution < -0.4 is 5.32 Å². The molecule has 0 fully saturated rings. The average Bonchev–Trinajstić information content (AvgIpc) is 2.59. The van der Waals surface area contributed by atoms with Gasteiger partial charge in [0.1, 0.15) is 23.0 Å². The zero-order valence-electron chi connectivity index (χ0n) is 13.6. The van der Waals surface area contributed by atoms with Crippen LogP contribution in [0.2, 0.25) is 0 Å². The highest BCUT2D eigenvalue weighted by Crippen LogP contribution is 2.14. The van der Waals surface area contributed by atoms with Gasteiger partial charge >= 0.3 is 0 Å². The third kappa shape index (κ3) is 4.82. The first-order valence-electron chi connectivity index (χ1n) is 7.66. The van der Waals surface area contributed by atoms with Gasteiger partial charge in [0.25, 0.3) is 5.91 Å². The van der Waals surface area contributed by atoms with E-state index in [4.69, 9.17) is 0 Å². The molecular formula is C18H17F3N2O2. The molecule has 0 aliphatic heterocycles. The van der Waals surface area contributed by atoms with Gasteiger partial charge in [-0.1, -0.05) is 18.2 Å². The van der Waals surface area contributed by atoms with Crippen molar-refractivity contribution in [3.05, 3.63) is 71.0 Å². The van der Waals surface area contributed by atoms with Crippen molar-refractivity contribution in [2.75, 3.05) is 13.1 Å². The molecule has 4 nitrogen and oxygen atoms in total. The van der Waals surface area contributed by atoms with E-state index in [9.17, 15) is 22.8 Å². The molecule has 2 rings (SSSR count). The summed E-state index contributed by atoms with van der Waals surface area (Å²) in [6.07, 6.45) is 0. The second kappa shape index (κ2) is 8.32. The quantitative estimate of drug-likeness (QED) is 0.871. The van der Waals surface area contributed by atoms with Crippen LogP contribution in [-0.4, -0.2) is 29.8 Å². The molecule has 2 amide bonds. The van der Waals surface area contributed by atoms with Gasteiger partial charge < -0.3 is 10.2 Å². The highest BCUT2D eigenvalue weighted by Gasteiger charge is 2.23. The van der Waals surface area contributed by atoms with E-state index >= 15 is 0 Å².